The van der Waals surface area contributed by atoms with Gasteiger partial charge < -0.3 is 15.0 Å². The second-order valence-corrected chi connectivity index (χ2v) is 6.00. The van der Waals surface area contributed by atoms with Gasteiger partial charge in [-0.3, -0.25) is 4.79 Å². The van der Waals surface area contributed by atoms with Gasteiger partial charge in [0.05, 0.1) is 13.0 Å². The van der Waals surface area contributed by atoms with Crippen molar-refractivity contribution < 1.29 is 9.53 Å². The summed E-state index contributed by atoms with van der Waals surface area (Å²) >= 11 is 0. The van der Waals surface area contributed by atoms with Gasteiger partial charge in [-0.1, -0.05) is 18.2 Å². The smallest absolute Gasteiger partial charge is 0.226 e. The summed E-state index contributed by atoms with van der Waals surface area (Å²) in [6.07, 6.45) is 4.05. The number of fused-ring (bicyclic) bond motifs is 1. The number of benzene rings is 1. The van der Waals surface area contributed by atoms with Crippen molar-refractivity contribution in [3.05, 3.63) is 30.3 Å². The van der Waals surface area contributed by atoms with Gasteiger partial charge in [-0.05, 0) is 43.9 Å². The molecule has 1 aromatic carbocycles. The van der Waals surface area contributed by atoms with Crippen molar-refractivity contribution in [2.45, 2.75) is 31.7 Å². The van der Waals surface area contributed by atoms with Crippen molar-refractivity contribution >= 4 is 5.91 Å². The lowest BCUT2D eigenvalue weighted by Gasteiger charge is -2.41. The molecule has 0 aliphatic carbocycles. The molecule has 0 bridgehead atoms. The molecular weight excluding hydrogens is 264 g/mol. The highest BCUT2D eigenvalue weighted by atomic mass is 16.5. The minimum atomic E-state index is 0.231. The topological polar surface area (TPSA) is 41.6 Å². The summed E-state index contributed by atoms with van der Waals surface area (Å²) in [6, 6.07) is 10.3. The Morgan fingerprint density at radius 1 is 1.29 bits per heavy atom. The minimum Gasteiger partial charge on any atom is -0.493 e. The van der Waals surface area contributed by atoms with Gasteiger partial charge in [0.2, 0.25) is 5.91 Å². The lowest BCUT2D eigenvalue weighted by Crippen LogP contribution is -2.53. The maximum absolute atomic E-state index is 12.3. The fraction of sp³-hybridized carbons (Fsp3) is 0.588. The number of nitrogens with zero attached hydrogens (tertiary/aromatic N) is 1. The first-order valence-corrected chi connectivity index (χ1v) is 8.02. The van der Waals surface area contributed by atoms with Crippen LogP contribution in [0.1, 0.15) is 25.7 Å². The number of hydrogen-bond acceptors (Lipinski definition) is 3. The molecule has 1 N–H and O–H groups in total. The van der Waals surface area contributed by atoms with Crippen LogP contribution in [0.15, 0.2) is 30.3 Å². The van der Waals surface area contributed by atoms with E-state index in [4.69, 9.17) is 4.74 Å². The molecule has 1 aromatic rings. The molecule has 2 saturated heterocycles. The van der Waals surface area contributed by atoms with Crippen LogP contribution in [-0.2, 0) is 4.79 Å². The van der Waals surface area contributed by atoms with E-state index in [9.17, 15) is 4.79 Å². The van der Waals surface area contributed by atoms with Crippen molar-refractivity contribution in [3.63, 3.8) is 0 Å². The number of hydrogen-bond donors (Lipinski definition) is 1. The predicted octanol–water partition coefficient (Wildman–Crippen LogP) is 2.06. The van der Waals surface area contributed by atoms with Gasteiger partial charge in [-0.15, -0.1) is 0 Å². The summed E-state index contributed by atoms with van der Waals surface area (Å²) in [4.78, 5) is 14.3. The number of carbonyl (C=O) groups excluding carboxylic acids is 1. The molecule has 3 rings (SSSR count). The molecule has 2 atom stereocenters. The van der Waals surface area contributed by atoms with Crippen LogP contribution in [0.4, 0.5) is 0 Å². The summed E-state index contributed by atoms with van der Waals surface area (Å²) in [5.41, 5.74) is 0. The second kappa shape index (κ2) is 6.94. The molecule has 0 aromatic heterocycles. The number of ether oxygens (including phenoxy) is 1. The highest BCUT2D eigenvalue weighted by Gasteiger charge is 2.32. The lowest BCUT2D eigenvalue weighted by molar-refractivity contribution is -0.134. The Kier molecular flexibility index (Phi) is 4.76. The monoisotopic (exact) mass is 288 g/mol. The SMILES string of the molecule is O=C(CCOc1ccccc1)N1CC[C@@H]2NCCC[C@@H]2C1. The quantitative estimate of drug-likeness (QED) is 0.922. The maximum Gasteiger partial charge on any atom is 0.226 e. The molecule has 2 aliphatic rings. The van der Waals surface area contributed by atoms with E-state index in [2.05, 4.69) is 5.32 Å². The van der Waals surface area contributed by atoms with Crippen LogP contribution >= 0.6 is 0 Å². The Morgan fingerprint density at radius 2 is 2.14 bits per heavy atom. The van der Waals surface area contributed by atoms with Gasteiger partial charge in [-0.2, -0.15) is 0 Å². The molecular formula is C17H24N2O2. The van der Waals surface area contributed by atoms with Gasteiger partial charge in [0.25, 0.3) is 0 Å². The highest BCUT2D eigenvalue weighted by Crippen LogP contribution is 2.25. The van der Waals surface area contributed by atoms with E-state index in [0.29, 0.717) is 25.0 Å². The molecule has 1 amide bonds. The van der Waals surface area contributed by atoms with Crippen LogP contribution in [0, 0.1) is 5.92 Å². The van der Waals surface area contributed by atoms with Gasteiger partial charge in [0.15, 0.2) is 0 Å². The highest BCUT2D eigenvalue weighted by molar-refractivity contribution is 5.76. The molecule has 0 unspecified atom stereocenters. The lowest BCUT2D eigenvalue weighted by atomic mass is 9.85. The Bertz CT molecular complexity index is 463. The summed E-state index contributed by atoms with van der Waals surface area (Å²) in [5, 5.41) is 3.58. The number of rotatable bonds is 4. The number of piperidine rings is 2. The summed E-state index contributed by atoms with van der Waals surface area (Å²) in [6.45, 7) is 3.41. The molecule has 0 radical (unpaired) electrons. The van der Waals surface area contributed by atoms with Crippen LogP contribution in [0.3, 0.4) is 0 Å². The van der Waals surface area contributed by atoms with Crippen molar-refractivity contribution in [2.24, 2.45) is 5.92 Å². The zero-order chi connectivity index (χ0) is 14.5. The van der Waals surface area contributed by atoms with Gasteiger partial charge in [0.1, 0.15) is 5.75 Å². The van der Waals surface area contributed by atoms with Crippen molar-refractivity contribution in [3.8, 4) is 5.75 Å². The molecule has 4 nitrogen and oxygen atoms in total. The van der Waals surface area contributed by atoms with Gasteiger partial charge in [-0.25, -0.2) is 0 Å². The Labute approximate surface area is 126 Å². The summed E-state index contributed by atoms with van der Waals surface area (Å²) in [5.74, 6) is 1.71. The second-order valence-electron chi connectivity index (χ2n) is 6.00. The first-order valence-electron chi connectivity index (χ1n) is 8.02. The van der Waals surface area contributed by atoms with E-state index in [1.165, 1.54) is 12.8 Å². The average Bonchev–Trinajstić information content (AvgIpc) is 2.55. The van der Waals surface area contributed by atoms with Crippen molar-refractivity contribution in [1.82, 2.24) is 10.2 Å². The first kappa shape index (κ1) is 14.4. The summed E-state index contributed by atoms with van der Waals surface area (Å²) < 4.78 is 5.61. The van der Waals surface area contributed by atoms with E-state index in [0.717, 1.165) is 31.8 Å². The Hall–Kier alpha value is -1.55. The standard InChI is InChI=1S/C17H24N2O2/c20-17(9-12-21-15-6-2-1-3-7-15)19-11-8-16-14(13-19)5-4-10-18-16/h1-3,6-7,14,16,18H,4-5,8-13H2/t14-,16+/m1/s1. The van der Waals surface area contributed by atoms with E-state index in [-0.39, 0.29) is 5.91 Å². The van der Waals surface area contributed by atoms with E-state index in [1.54, 1.807) is 0 Å². The van der Waals surface area contributed by atoms with E-state index >= 15 is 0 Å². The molecule has 2 aliphatic heterocycles. The van der Waals surface area contributed by atoms with Crippen LogP contribution in [0.5, 0.6) is 5.75 Å². The molecule has 0 saturated carbocycles. The molecule has 2 fully saturated rings. The zero-order valence-corrected chi connectivity index (χ0v) is 12.5. The third-order valence-electron chi connectivity index (χ3n) is 4.57. The Morgan fingerprint density at radius 3 is 3.00 bits per heavy atom. The third-order valence-corrected chi connectivity index (χ3v) is 4.57. The van der Waals surface area contributed by atoms with E-state index < -0.39 is 0 Å². The number of para-hydroxylation sites is 1. The predicted molar refractivity (Wildman–Crippen MR) is 82.3 cm³/mol. The van der Waals surface area contributed by atoms with Crippen LogP contribution in [0.25, 0.3) is 0 Å². The van der Waals surface area contributed by atoms with Crippen molar-refractivity contribution in [1.29, 1.82) is 0 Å². The number of nitrogens with one attached hydrogen (secondary N) is 1. The summed E-state index contributed by atoms with van der Waals surface area (Å²) in [7, 11) is 0. The first-order chi connectivity index (χ1) is 10.3. The number of likely N-dealkylation sites (tertiary alicyclic amines) is 1. The van der Waals surface area contributed by atoms with E-state index in [1.807, 2.05) is 35.2 Å². The molecule has 114 valence electrons. The molecule has 21 heavy (non-hydrogen) atoms. The average molecular weight is 288 g/mol. The van der Waals surface area contributed by atoms with Gasteiger partial charge in [0, 0.05) is 19.1 Å². The van der Waals surface area contributed by atoms with Crippen LogP contribution < -0.4 is 10.1 Å². The molecule has 2 heterocycles. The van der Waals surface area contributed by atoms with Gasteiger partial charge >= 0.3 is 0 Å². The van der Waals surface area contributed by atoms with Crippen LogP contribution in [-0.4, -0.2) is 43.1 Å². The third kappa shape index (κ3) is 3.76. The van der Waals surface area contributed by atoms with Crippen LogP contribution in [0.2, 0.25) is 0 Å². The zero-order valence-electron chi connectivity index (χ0n) is 12.5. The molecule has 4 heteroatoms. The number of amides is 1. The maximum atomic E-state index is 12.3. The van der Waals surface area contributed by atoms with Crippen molar-refractivity contribution in [2.75, 3.05) is 26.2 Å². The minimum absolute atomic E-state index is 0.231. The number of carbonyl (C=O) groups is 1. The largest absolute Gasteiger partial charge is 0.493 e. The fourth-order valence-corrected chi connectivity index (χ4v) is 3.40. The Balaban J connectivity index is 1.43. The normalized spacial score (nSPS) is 25.2. The fourth-order valence-electron chi connectivity index (χ4n) is 3.40. The molecule has 0 spiro atoms.